The third-order valence-corrected chi connectivity index (χ3v) is 2.42. The maximum atomic E-state index is 8.77. The number of aliphatic hydroxyl groups is 1. The van der Waals surface area contributed by atoms with Gasteiger partial charge < -0.3 is 5.11 Å². The lowest BCUT2D eigenvalue weighted by atomic mass is 10.3. The van der Waals surface area contributed by atoms with E-state index in [9.17, 15) is 0 Å². The molecule has 0 aromatic carbocycles. The highest BCUT2D eigenvalue weighted by atomic mass is 32.1. The van der Waals surface area contributed by atoms with Crippen molar-refractivity contribution in [2.24, 2.45) is 0 Å². The lowest BCUT2D eigenvalue weighted by molar-refractivity contribution is 0.285. The Bertz CT molecular complexity index is 293. The van der Waals surface area contributed by atoms with Crippen LogP contribution in [0.2, 0.25) is 0 Å². The number of hydrogen-bond acceptors (Lipinski definition) is 3. The first-order valence-corrected chi connectivity index (χ1v) is 5.16. The van der Waals surface area contributed by atoms with Crippen molar-refractivity contribution in [2.45, 2.75) is 13.0 Å². The van der Waals surface area contributed by atoms with Crippen molar-refractivity contribution >= 4 is 24.0 Å². The third-order valence-electron chi connectivity index (χ3n) is 1.28. The van der Waals surface area contributed by atoms with Gasteiger partial charge in [0.05, 0.1) is 6.61 Å². The molecule has 0 aliphatic carbocycles. The highest BCUT2D eigenvalue weighted by Crippen LogP contribution is 2.13. The average Bonchev–Trinajstić information content (AvgIpc) is 2.53. The van der Waals surface area contributed by atoms with Gasteiger partial charge in [-0.2, -0.15) is 12.6 Å². The first-order valence-electron chi connectivity index (χ1n) is 3.65. The molecule has 3 heteroatoms. The van der Waals surface area contributed by atoms with E-state index in [4.69, 9.17) is 5.11 Å². The summed E-state index contributed by atoms with van der Waals surface area (Å²) in [6.07, 6.45) is 0.813. The van der Waals surface area contributed by atoms with Gasteiger partial charge in [0.1, 0.15) is 0 Å². The Morgan fingerprint density at radius 1 is 1.58 bits per heavy atom. The quantitative estimate of drug-likeness (QED) is 0.549. The standard InChI is InChI=1S/C9H10OS2/c10-6-9-5-8(7-12-9)3-1-2-4-11/h5,7,10-11H,2,4,6H2. The van der Waals surface area contributed by atoms with Crippen molar-refractivity contribution in [2.75, 3.05) is 5.75 Å². The van der Waals surface area contributed by atoms with Gasteiger partial charge in [-0.1, -0.05) is 11.8 Å². The van der Waals surface area contributed by atoms with Crippen molar-refractivity contribution < 1.29 is 5.11 Å². The summed E-state index contributed by atoms with van der Waals surface area (Å²) >= 11 is 5.59. The fourth-order valence-corrected chi connectivity index (χ4v) is 1.54. The van der Waals surface area contributed by atoms with Crippen LogP contribution in [0.1, 0.15) is 16.9 Å². The van der Waals surface area contributed by atoms with E-state index < -0.39 is 0 Å². The van der Waals surface area contributed by atoms with Crippen LogP contribution in [0.25, 0.3) is 0 Å². The van der Waals surface area contributed by atoms with Crippen LogP contribution in [-0.2, 0) is 6.61 Å². The number of thiol groups is 1. The summed E-state index contributed by atoms with van der Waals surface area (Å²) in [5.41, 5.74) is 0.992. The van der Waals surface area contributed by atoms with Crippen molar-refractivity contribution in [3.63, 3.8) is 0 Å². The van der Waals surface area contributed by atoms with Crippen LogP contribution in [-0.4, -0.2) is 10.9 Å². The van der Waals surface area contributed by atoms with Crippen LogP contribution in [0, 0.1) is 11.8 Å². The third kappa shape index (κ3) is 2.90. The summed E-state index contributed by atoms with van der Waals surface area (Å²) in [6, 6.07) is 1.91. The van der Waals surface area contributed by atoms with E-state index >= 15 is 0 Å². The molecule has 0 aliphatic rings. The Morgan fingerprint density at radius 2 is 2.42 bits per heavy atom. The van der Waals surface area contributed by atoms with Gasteiger partial charge in [0.25, 0.3) is 0 Å². The molecule has 0 fully saturated rings. The number of rotatable bonds is 2. The molecule has 1 rings (SSSR count). The first kappa shape index (κ1) is 9.66. The predicted molar refractivity (Wildman–Crippen MR) is 55.6 cm³/mol. The molecule has 1 aromatic heterocycles. The molecule has 0 radical (unpaired) electrons. The topological polar surface area (TPSA) is 20.2 Å². The van der Waals surface area contributed by atoms with E-state index in [-0.39, 0.29) is 6.61 Å². The van der Waals surface area contributed by atoms with Gasteiger partial charge >= 0.3 is 0 Å². The monoisotopic (exact) mass is 198 g/mol. The van der Waals surface area contributed by atoms with Crippen molar-refractivity contribution in [3.05, 3.63) is 21.9 Å². The highest BCUT2D eigenvalue weighted by molar-refractivity contribution is 7.80. The molecule has 1 aromatic rings. The lowest BCUT2D eigenvalue weighted by Crippen LogP contribution is -1.73. The summed E-state index contributed by atoms with van der Waals surface area (Å²) in [4.78, 5) is 0.963. The Labute approximate surface area is 81.8 Å². The smallest absolute Gasteiger partial charge is 0.0774 e. The summed E-state index contributed by atoms with van der Waals surface area (Å²) in [7, 11) is 0. The van der Waals surface area contributed by atoms with Gasteiger partial charge in [-0.3, -0.25) is 0 Å². The van der Waals surface area contributed by atoms with Gasteiger partial charge in [0, 0.05) is 28.0 Å². The normalized spacial score (nSPS) is 9.17. The largest absolute Gasteiger partial charge is 0.391 e. The van der Waals surface area contributed by atoms with Gasteiger partial charge in [-0.05, 0) is 6.07 Å². The minimum atomic E-state index is 0.110. The maximum Gasteiger partial charge on any atom is 0.0774 e. The molecule has 0 unspecified atom stereocenters. The van der Waals surface area contributed by atoms with Crippen LogP contribution in [0.15, 0.2) is 11.4 Å². The van der Waals surface area contributed by atoms with E-state index in [0.717, 1.165) is 22.6 Å². The van der Waals surface area contributed by atoms with E-state index in [0.29, 0.717) is 0 Å². The van der Waals surface area contributed by atoms with E-state index in [1.165, 1.54) is 11.3 Å². The average molecular weight is 198 g/mol. The Balaban J connectivity index is 2.59. The minimum absolute atomic E-state index is 0.110. The lowest BCUT2D eigenvalue weighted by Gasteiger charge is -1.81. The van der Waals surface area contributed by atoms with E-state index in [2.05, 4.69) is 24.5 Å². The Kier molecular flexibility index (Phi) is 4.23. The summed E-state index contributed by atoms with van der Waals surface area (Å²) in [5.74, 6) is 6.78. The number of hydrogen-bond donors (Lipinski definition) is 2. The Hall–Kier alpha value is -0.430. The molecule has 0 atom stereocenters. The fraction of sp³-hybridized carbons (Fsp3) is 0.333. The van der Waals surface area contributed by atoms with Crippen molar-refractivity contribution in [1.82, 2.24) is 0 Å². The molecule has 1 nitrogen and oxygen atoms in total. The van der Waals surface area contributed by atoms with Crippen LogP contribution in [0.4, 0.5) is 0 Å². The second-order valence-electron chi connectivity index (χ2n) is 2.24. The van der Waals surface area contributed by atoms with Crippen molar-refractivity contribution in [3.8, 4) is 11.8 Å². The molecule has 0 aliphatic heterocycles. The van der Waals surface area contributed by atoms with E-state index in [1.807, 2.05) is 11.4 Å². The molecule has 1 N–H and O–H groups in total. The summed E-state index contributed by atoms with van der Waals surface area (Å²) in [5, 5.41) is 10.7. The zero-order valence-corrected chi connectivity index (χ0v) is 8.29. The van der Waals surface area contributed by atoms with Crippen LogP contribution in [0.5, 0.6) is 0 Å². The van der Waals surface area contributed by atoms with Gasteiger partial charge in [-0.25, -0.2) is 0 Å². The fourth-order valence-electron chi connectivity index (χ4n) is 0.750. The van der Waals surface area contributed by atoms with Crippen LogP contribution < -0.4 is 0 Å². The van der Waals surface area contributed by atoms with Crippen LogP contribution in [0.3, 0.4) is 0 Å². The van der Waals surface area contributed by atoms with Crippen molar-refractivity contribution in [1.29, 1.82) is 0 Å². The zero-order valence-electron chi connectivity index (χ0n) is 6.58. The van der Waals surface area contributed by atoms with Gasteiger partial charge in [0.2, 0.25) is 0 Å². The molecular formula is C9H10OS2. The first-order chi connectivity index (χ1) is 5.86. The maximum absolute atomic E-state index is 8.77. The molecule has 0 saturated heterocycles. The molecular weight excluding hydrogens is 188 g/mol. The highest BCUT2D eigenvalue weighted by Gasteiger charge is 1.93. The molecule has 0 spiro atoms. The zero-order chi connectivity index (χ0) is 8.81. The predicted octanol–water partition coefficient (Wildman–Crippen LogP) is 1.91. The summed E-state index contributed by atoms with van der Waals surface area (Å²) in [6.45, 7) is 0.110. The SMILES string of the molecule is OCc1cc(C#CCCS)cs1. The minimum Gasteiger partial charge on any atom is -0.391 e. The molecule has 1 heterocycles. The number of thiophene rings is 1. The molecule has 12 heavy (non-hydrogen) atoms. The van der Waals surface area contributed by atoms with E-state index in [1.54, 1.807) is 0 Å². The van der Waals surface area contributed by atoms with Crippen LogP contribution >= 0.6 is 24.0 Å². The van der Waals surface area contributed by atoms with Gasteiger partial charge in [-0.15, -0.1) is 11.3 Å². The Morgan fingerprint density at radius 3 is 3.00 bits per heavy atom. The molecule has 0 bridgehead atoms. The second-order valence-corrected chi connectivity index (χ2v) is 3.68. The summed E-state index contributed by atoms with van der Waals surface area (Å²) < 4.78 is 0. The molecule has 0 saturated carbocycles. The van der Waals surface area contributed by atoms with Gasteiger partial charge in [0.15, 0.2) is 0 Å². The molecule has 64 valence electrons. The molecule has 0 amide bonds. The number of aliphatic hydroxyl groups excluding tert-OH is 1. The second kappa shape index (κ2) is 5.26.